The van der Waals surface area contributed by atoms with Crippen molar-refractivity contribution in [1.29, 1.82) is 0 Å². The van der Waals surface area contributed by atoms with E-state index in [1.54, 1.807) is 19.1 Å². The second-order valence-electron chi connectivity index (χ2n) is 4.12. The van der Waals surface area contributed by atoms with Crippen LogP contribution in [0.3, 0.4) is 0 Å². The van der Waals surface area contributed by atoms with Crippen molar-refractivity contribution in [2.24, 2.45) is 5.73 Å². The van der Waals surface area contributed by atoms with Gasteiger partial charge < -0.3 is 5.73 Å². The molecule has 16 heavy (non-hydrogen) atoms. The van der Waals surface area contributed by atoms with Gasteiger partial charge in [-0.25, -0.2) is 0 Å². The zero-order chi connectivity index (χ0) is 11.7. The maximum absolute atomic E-state index is 12.0. The summed E-state index contributed by atoms with van der Waals surface area (Å²) in [6.07, 6.45) is 0.286. The molecule has 0 aliphatic carbocycles. The van der Waals surface area contributed by atoms with Gasteiger partial charge in [0.25, 0.3) is 5.91 Å². The highest BCUT2D eigenvalue weighted by Crippen LogP contribution is 2.19. The average molecular weight is 218 g/mol. The van der Waals surface area contributed by atoms with E-state index in [0.717, 1.165) is 5.56 Å². The minimum Gasteiger partial charge on any atom is -0.326 e. The number of nitrogens with zero attached hydrogens (tertiary/aromatic N) is 1. The van der Waals surface area contributed by atoms with Crippen molar-refractivity contribution in [1.82, 2.24) is 4.90 Å². The van der Waals surface area contributed by atoms with E-state index < -0.39 is 0 Å². The number of amides is 2. The van der Waals surface area contributed by atoms with Gasteiger partial charge in [0, 0.05) is 18.2 Å². The van der Waals surface area contributed by atoms with Gasteiger partial charge in [0.1, 0.15) is 0 Å². The van der Waals surface area contributed by atoms with Crippen LogP contribution >= 0.6 is 0 Å². The normalized spacial score (nSPS) is 17.2. The van der Waals surface area contributed by atoms with Crippen LogP contribution in [0.5, 0.6) is 0 Å². The number of hydrogen-bond acceptors (Lipinski definition) is 3. The second kappa shape index (κ2) is 4.06. The predicted octanol–water partition coefficient (Wildman–Crippen LogP) is 0.559. The summed E-state index contributed by atoms with van der Waals surface area (Å²) in [7, 11) is 0. The lowest BCUT2D eigenvalue weighted by molar-refractivity contribution is -0.128. The Kier molecular flexibility index (Phi) is 2.75. The second-order valence-corrected chi connectivity index (χ2v) is 4.12. The summed E-state index contributed by atoms with van der Waals surface area (Å²) in [5.74, 6) is -0.398. The SMILES string of the molecule is C[C@H](N)CN1C(=O)Cc2ccccc2C1=O. The van der Waals surface area contributed by atoms with Crippen LogP contribution in [0.4, 0.5) is 0 Å². The highest BCUT2D eigenvalue weighted by molar-refractivity contribution is 6.09. The van der Waals surface area contributed by atoms with Crippen molar-refractivity contribution >= 4 is 11.8 Å². The lowest BCUT2D eigenvalue weighted by Crippen LogP contribution is -2.47. The molecule has 1 heterocycles. The van der Waals surface area contributed by atoms with Gasteiger partial charge in [0.2, 0.25) is 5.91 Å². The van der Waals surface area contributed by atoms with Gasteiger partial charge in [-0.3, -0.25) is 14.5 Å². The fraction of sp³-hybridized carbons (Fsp3) is 0.333. The van der Waals surface area contributed by atoms with E-state index in [4.69, 9.17) is 5.73 Å². The van der Waals surface area contributed by atoms with E-state index in [2.05, 4.69) is 0 Å². The number of rotatable bonds is 2. The number of hydrogen-bond donors (Lipinski definition) is 1. The largest absolute Gasteiger partial charge is 0.326 e. The number of fused-ring (bicyclic) bond motifs is 1. The summed E-state index contributed by atoms with van der Waals surface area (Å²) in [6, 6.07) is 7.00. The van der Waals surface area contributed by atoms with Gasteiger partial charge in [0.05, 0.1) is 6.42 Å². The molecule has 0 bridgehead atoms. The van der Waals surface area contributed by atoms with Crippen LogP contribution in [0, 0.1) is 0 Å². The quantitative estimate of drug-likeness (QED) is 0.738. The molecule has 0 unspecified atom stereocenters. The van der Waals surface area contributed by atoms with Gasteiger partial charge in [-0.2, -0.15) is 0 Å². The van der Waals surface area contributed by atoms with Crippen molar-refractivity contribution in [3.63, 3.8) is 0 Å². The zero-order valence-electron chi connectivity index (χ0n) is 9.14. The molecule has 2 amide bonds. The molecule has 4 nitrogen and oxygen atoms in total. The molecule has 0 saturated heterocycles. The first kappa shape index (κ1) is 10.8. The summed E-state index contributed by atoms with van der Waals surface area (Å²) in [5.41, 5.74) is 7.04. The molecule has 2 N–H and O–H groups in total. The predicted molar refractivity (Wildman–Crippen MR) is 59.8 cm³/mol. The first-order valence-electron chi connectivity index (χ1n) is 5.28. The van der Waals surface area contributed by atoms with E-state index in [1.807, 2.05) is 12.1 Å². The van der Waals surface area contributed by atoms with Gasteiger partial charge >= 0.3 is 0 Å². The molecule has 4 heteroatoms. The lowest BCUT2D eigenvalue weighted by Gasteiger charge is -2.27. The van der Waals surface area contributed by atoms with Crippen LogP contribution in [-0.2, 0) is 11.2 Å². The Morgan fingerprint density at radius 2 is 2.06 bits per heavy atom. The molecule has 1 atom stereocenters. The molecule has 0 radical (unpaired) electrons. The molecular formula is C12H14N2O2. The fourth-order valence-electron chi connectivity index (χ4n) is 1.87. The van der Waals surface area contributed by atoms with E-state index in [-0.39, 0.29) is 30.8 Å². The van der Waals surface area contributed by atoms with Crippen LogP contribution in [0.15, 0.2) is 24.3 Å². The van der Waals surface area contributed by atoms with Crippen LogP contribution in [-0.4, -0.2) is 29.3 Å². The topological polar surface area (TPSA) is 63.4 Å². The number of nitrogens with two attached hydrogens (primary N) is 1. The molecule has 0 saturated carbocycles. The van der Waals surface area contributed by atoms with Crippen LogP contribution in [0.2, 0.25) is 0 Å². The maximum atomic E-state index is 12.0. The van der Waals surface area contributed by atoms with Crippen molar-refractivity contribution in [2.75, 3.05) is 6.54 Å². The number of carbonyl (C=O) groups is 2. The minimum absolute atomic E-state index is 0.166. The van der Waals surface area contributed by atoms with Crippen LogP contribution in [0.1, 0.15) is 22.8 Å². The molecule has 1 aliphatic heterocycles. The average Bonchev–Trinajstić information content (AvgIpc) is 2.24. The lowest BCUT2D eigenvalue weighted by atomic mass is 9.98. The summed E-state index contributed by atoms with van der Waals surface area (Å²) >= 11 is 0. The Morgan fingerprint density at radius 1 is 1.38 bits per heavy atom. The van der Waals surface area contributed by atoms with E-state index in [0.29, 0.717) is 5.56 Å². The minimum atomic E-state index is -0.232. The van der Waals surface area contributed by atoms with E-state index in [9.17, 15) is 9.59 Å². The fourth-order valence-corrected chi connectivity index (χ4v) is 1.87. The number of benzene rings is 1. The van der Waals surface area contributed by atoms with Crippen molar-refractivity contribution in [2.45, 2.75) is 19.4 Å². The Labute approximate surface area is 94.0 Å². The third-order valence-corrected chi connectivity index (χ3v) is 2.61. The maximum Gasteiger partial charge on any atom is 0.260 e. The Bertz CT molecular complexity index is 440. The summed E-state index contributed by atoms with van der Waals surface area (Å²) in [6.45, 7) is 2.06. The van der Waals surface area contributed by atoms with Crippen LogP contribution in [0.25, 0.3) is 0 Å². The molecular weight excluding hydrogens is 204 g/mol. The van der Waals surface area contributed by atoms with Gasteiger partial charge in [-0.15, -0.1) is 0 Å². The van der Waals surface area contributed by atoms with Gasteiger partial charge in [0.15, 0.2) is 0 Å². The molecule has 1 aromatic rings. The van der Waals surface area contributed by atoms with Gasteiger partial charge in [-0.1, -0.05) is 18.2 Å². The summed E-state index contributed by atoms with van der Waals surface area (Å²) in [4.78, 5) is 25.0. The highest BCUT2D eigenvalue weighted by Gasteiger charge is 2.30. The number of carbonyl (C=O) groups excluding carboxylic acids is 2. The summed E-state index contributed by atoms with van der Waals surface area (Å²) in [5, 5.41) is 0. The highest BCUT2D eigenvalue weighted by atomic mass is 16.2. The monoisotopic (exact) mass is 218 g/mol. The molecule has 84 valence electrons. The summed E-state index contributed by atoms with van der Waals surface area (Å²) < 4.78 is 0. The van der Waals surface area contributed by atoms with Crippen molar-refractivity contribution in [3.05, 3.63) is 35.4 Å². The molecule has 0 aromatic heterocycles. The first-order valence-corrected chi connectivity index (χ1v) is 5.28. The smallest absolute Gasteiger partial charge is 0.260 e. The Morgan fingerprint density at radius 3 is 2.75 bits per heavy atom. The van der Waals surface area contributed by atoms with E-state index in [1.165, 1.54) is 4.90 Å². The third-order valence-electron chi connectivity index (χ3n) is 2.61. The first-order chi connectivity index (χ1) is 7.59. The van der Waals surface area contributed by atoms with E-state index >= 15 is 0 Å². The van der Waals surface area contributed by atoms with Crippen LogP contribution < -0.4 is 5.73 Å². The molecule has 1 aliphatic rings. The Hall–Kier alpha value is -1.68. The molecule has 1 aromatic carbocycles. The third kappa shape index (κ3) is 1.84. The Balaban J connectivity index is 2.34. The molecule has 0 fully saturated rings. The van der Waals surface area contributed by atoms with Gasteiger partial charge in [-0.05, 0) is 18.6 Å². The molecule has 2 rings (SSSR count). The zero-order valence-corrected chi connectivity index (χ0v) is 9.14. The van der Waals surface area contributed by atoms with Crippen molar-refractivity contribution in [3.8, 4) is 0 Å². The standard InChI is InChI=1S/C12H14N2O2/c1-8(13)7-14-11(15)6-9-4-2-3-5-10(9)12(14)16/h2-5,8H,6-7,13H2,1H3/t8-/m0/s1. The number of imide groups is 1. The van der Waals surface area contributed by atoms with Crippen molar-refractivity contribution < 1.29 is 9.59 Å². The molecule has 0 spiro atoms.